The molecule has 86 valence electrons. The fourth-order valence-electron chi connectivity index (χ4n) is 2.69. The molecular formula is C13H17NOS. The van der Waals surface area contributed by atoms with E-state index in [0.29, 0.717) is 0 Å². The van der Waals surface area contributed by atoms with Crippen LogP contribution in [0.5, 0.6) is 0 Å². The minimum Gasteiger partial charge on any atom is -0.387 e. The van der Waals surface area contributed by atoms with Gasteiger partial charge in [-0.05, 0) is 36.6 Å². The Bertz CT molecular complexity index is 387. The minimum atomic E-state index is -0.488. The number of aliphatic hydroxyl groups is 1. The van der Waals surface area contributed by atoms with Crippen LogP contribution in [0.3, 0.4) is 0 Å². The third-order valence-corrected chi connectivity index (χ3v) is 4.93. The van der Waals surface area contributed by atoms with Gasteiger partial charge < -0.3 is 10.4 Å². The molecule has 1 aromatic rings. The van der Waals surface area contributed by atoms with Gasteiger partial charge in [0.25, 0.3) is 0 Å². The number of hydrogen-bond donors (Lipinski definition) is 2. The molecule has 3 rings (SSSR count). The lowest BCUT2D eigenvalue weighted by molar-refractivity contribution is 0.0438. The Morgan fingerprint density at radius 1 is 1.38 bits per heavy atom. The first-order valence-corrected chi connectivity index (χ1v) is 7.08. The van der Waals surface area contributed by atoms with Crippen molar-refractivity contribution in [2.24, 2.45) is 0 Å². The van der Waals surface area contributed by atoms with E-state index in [1.807, 2.05) is 11.8 Å². The molecule has 1 saturated heterocycles. The molecule has 2 N–H and O–H groups in total. The normalized spacial score (nSPS) is 33.2. The van der Waals surface area contributed by atoms with E-state index in [1.165, 1.54) is 11.3 Å². The van der Waals surface area contributed by atoms with Crippen molar-refractivity contribution in [1.29, 1.82) is 0 Å². The van der Waals surface area contributed by atoms with Gasteiger partial charge in [-0.3, -0.25) is 0 Å². The molecule has 0 spiro atoms. The molecule has 0 bridgehead atoms. The van der Waals surface area contributed by atoms with Crippen molar-refractivity contribution in [3.8, 4) is 0 Å². The SMILES string of the molecule is OC1(C2CCc3ccccc3N2)CCSC1. The van der Waals surface area contributed by atoms with Gasteiger partial charge in [0.15, 0.2) is 0 Å². The summed E-state index contributed by atoms with van der Waals surface area (Å²) in [6, 6.07) is 8.67. The second-order valence-electron chi connectivity index (χ2n) is 4.80. The highest BCUT2D eigenvalue weighted by molar-refractivity contribution is 7.99. The van der Waals surface area contributed by atoms with Crippen molar-refractivity contribution in [2.45, 2.75) is 30.9 Å². The van der Waals surface area contributed by atoms with Crippen molar-refractivity contribution in [3.05, 3.63) is 29.8 Å². The van der Waals surface area contributed by atoms with Gasteiger partial charge in [0, 0.05) is 11.4 Å². The second-order valence-corrected chi connectivity index (χ2v) is 5.90. The predicted molar refractivity (Wildman–Crippen MR) is 69.1 cm³/mol. The van der Waals surface area contributed by atoms with E-state index in [0.717, 1.165) is 30.8 Å². The van der Waals surface area contributed by atoms with E-state index in [9.17, 15) is 5.11 Å². The van der Waals surface area contributed by atoms with Gasteiger partial charge in [0.1, 0.15) is 0 Å². The number of benzene rings is 1. The summed E-state index contributed by atoms with van der Waals surface area (Å²) in [5, 5.41) is 14.1. The zero-order valence-corrected chi connectivity index (χ0v) is 10.1. The molecule has 0 radical (unpaired) electrons. The molecule has 1 fully saturated rings. The predicted octanol–water partition coefficient (Wildman–Crippen LogP) is 2.28. The van der Waals surface area contributed by atoms with Gasteiger partial charge in [-0.15, -0.1) is 0 Å². The highest BCUT2D eigenvalue weighted by Crippen LogP contribution is 2.36. The van der Waals surface area contributed by atoms with Gasteiger partial charge in [0.05, 0.1) is 11.6 Å². The maximum atomic E-state index is 10.6. The smallest absolute Gasteiger partial charge is 0.0945 e. The molecule has 2 unspecified atom stereocenters. The molecule has 2 heterocycles. The van der Waals surface area contributed by atoms with Gasteiger partial charge >= 0.3 is 0 Å². The summed E-state index contributed by atoms with van der Waals surface area (Å²) >= 11 is 1.87. The number of para-hydroxylation sites is 1. The van der Waals surface area contributed by atoms with Gasteiger partial charge in [0.2, 0.25) is 0 Å². The molecule has 2 atom stereocenters. The fourth-order valence-corrected chi connectivity index (χ4v) is 4.03. The molecule has 16 heavy (non-hydrogen) atoms. The van der Waals surface area contributed by atoms with Crippen LogP contribution in [-0.4, -0.2) is 28.3 Å². The van der Waals surface area contributed by atoms with Crippen LogP contribution in [0.2, 0.25) is 0 Å². The number of nitrogens with one attached hydrogen (secondary N) is 1. The number of hydrogen-bond acceptors (Lipinski definition) is 3. The molecule has 2 aliphatic heterocycles. The van der Waals surface area contributed by atoms with Crippen LogP contribution < -0.4 is 5.32 Å². The van der Waals surface area contributed by atoms with Crippen LogP contribution in [0.25, 0.3) is 0 Å². The van der Waals surface area contributed by atoms with E-state index in [4.69, 9.17) is 0 Å². The zero-order chi connectivity index (χ0) is 11.0. The summed E-state index contributed by atoms with van der Waals surface area (Å²) in [7, 11) is 0. The standard InChI is InChI=1S/C13H17NOS/c15-13(7-8-16-9-13)12-6-5-10-3-1-2-4-11(10)14-12/h1-4,12,14-15H,5-9H2. The Balaban J connectivity index is 1.82. The summed E-state index contributed by atoms with van der Waals surface area (Å²) in [5.41, 5.74) is 2.11. The Labute approximate surface area is 100 Å². The molecule has 0 aliphatic carbocycles. The second kappa shape index (κ2) is 3.97. The Morgan fingerprint density at radius 2 is 2.25 bits per heavy atom. The van der Waals surface area contributed by atoms with Gasteiger partial charge in [-0.2, -0.15) is 11.8 Å². The molecular weight excluding hydrogens is 218 g/mol. The highest BCUT2D eigenvalue weighted by Gasteiger charge is 2.41. The summed E-state index contributed by atoms with van der Waals surface area (Å²) in [6.07, 6.45) is 3.06. The van der Waals surface area contributed by atoms with Crippen molar-refractivity contribution in [3.63, 3.8) is 0 Å². The van der Waals surface area contributed by atoms with Crippen molar-refractivity contribution in [1.82, 2.24) is 0 Å². The third-order valence-electron chi connectivity index (χ3n) is 3.73. The maximum absolute atomic E-state index is 10.6. The molecule has 2 aliphatic rings. The van der Waals surface area contributed by atoms with Crippen LogP contribution in [0.1, 0.15) is 18.4 Å². The van der Waals surface area contributed by atoms with Crippen LogP contribution in [0.4, 0.5) is 5.69 Å². The lowest BCUT2D eigenvalue weighted by Gasteiger charge is -2.37. The van der Waals surface area contributed by atoms with E-state index in [-0.39, 0.29) is 6.04 Å². The fraction of sp³-hybridized carbons (Fsp3) is 0.538. The lowest BCUT2D eigenvalue weighted by Crippen LogP contribution is -2.48. The molecule has 0 aromatic heterocycles. The minimum absolute atomic E-state index is 0.234. The Kier molecular flexibility index (Phi) is 2.60. The van der Waals surface area contributed by atoms with Crippen LogP contribution in [-0.2, 0) is 6.42 Å². The first-order valence-electron chi connectivity index (χ1n) is 5.92. The zero-order valence-electron chi connectivity index (χ0n) is 9.28. The van der Waals surface area contributed by atoms with E-state index >= 15 is 0 Å². The Morgan fingerprint density at radius 3 is 3.06 bits per heavy atom. The molecule has 0 saturated carbocycles. The summed E-state index contributed by atoms with van der Waals surface area (Å²) in [6.45, 7) is 0. The number of thioether (sulfide) groups is 1. The quantitative estimate of drug-likeness (QED) is 0.783. The van der Waals surface area contributed by atoms with Crippen molar-refractivity contribution >= 4 is 17.4 Å². The summed E-state index contributed by atoms with van der Waals surface area (Å²) in [5.74, 6) is 1.98. The van der Waals surface area contributed by atoms with E-state index in [1.54, 1.807) is 0 Å². The van der Waals surface area contributed by atoms with Gasteiger partial charge in [-0.25, -0.2) is 0 Å². The summed E-state index contributed by atoms with van der Waals surface area (Å²) in [4.78, 5) is 0. The maximum Gasteiger partial charge on any atom is 0.0945 e. The average molecular weight is 235 g/mol. The molecule has 2 nitrogen and oxygen atoms in total. The largest absolute Gasteiger partial charge is 0.387 e. The first kappa shape index (κ1) is 10.5. The first-order chi connectivity index (χ1) is 7.78. The molecule has 0 amide bonds. The number of aryl methyl sites for hydroxylation is 1. The van der Waals surface area contributed by atoms with Crippen LogP contribution >= 0.6 is 11.8 Å². The van der Waals surface area contributed by atoms with Crippen LogP contribution in [0.15, 0.2) is 24.3 Å². The number of anilines is 1. The lowest BCUT2D eigenvalue weighted by atomic mass is 9.85. The van der Waals surface area contributed by atoms with Crippen LogP contribution in [0, 0.1) is 0 Å². The molecule has 1 aromatic carbocycles. The topological polar surface area (TPSA) is 32.3 Å². The highest BCUT2D eigenvalue weighted by atomic mass is 32.2. The third kappa shape index (κ3) is 1.72. The molecule has 3 heteroatoms. The van der Waals surface area contributed by atoms with Crippen molar-refractivity contribution in [2.75, 3.05) is 16.8 Å². The number of rotatable bonds is 1. The Hall–Kier alpha value is -0.670. The van der Waals surface area contributed by atoms with Gasteiger partial charge in [-0.1, -0.05) is 18.2 Å². The summed E-state index contributed by atoms with van der Waals surface area (Å²) < 4.78 is 0. The van der Waals surface area contributed by atoms with Crippen molar-refractivity contribution < 1.29 is 5.11 Å². The average Bonchev–Trinajstić information content (AvgIpc) is 2.77. The monoisotopic (exact) mass is 235 g/mol. The van der Waals surface area contributed by atoms with E-state index < -0.39 is 5.60 Å². The number of fused-ring (bicyclic) bond motifs is 1. The van der Waals surface area contributed by atoms with E-state index in [2.05, 4.69) is 29.6 Å².